The third-order valence-corrected chi connectivity index (χ3v) is 5.14. The second-order valence-electron chi connectivity index (χ2n) is 6.83. The molecule has 4 aromatic rings. The molecule has 8 heteroatoms. The van der Waals surface area contributed by atoms with Crippen LogP contribution in [0, 0.1) is 19.7 Å². The Labute approximate surface area is 155 Å². The van der Waals surface area contributed by atoms with Crippen LogP contribution in [0.4, 0.5) is 16.2 Å². The topological polar surface area (TPSA) is 62.7 Å². The third-order valence-electron chi connectivity index (χ3n) is 5.14. The van der Waals surface area contributed by atoms with Crippen molar-refractivity contribution < 1.29 is 8.81 Å². The molecule has 0 N–H and O–H groups in total. The van der Waals surface area contributed by atoms with E-state index >= 15 is 0 Å². The molecule has 1 aliphatic rings. The quantitative estimate of drug-likeness (QED) is 0.544. The summed E-state index contributed by atoms with van der Waals surface area (Å²) < 4.78 is 21.0. The molecule has 1 aliphatic heterocycles. The first-order valence-corrected chi connectivity index (χ1v) is 8.97. The van der Waals surface area contributed by atoms with E-state index < -0.39 is 0 Å². The summed E-state index contributed by atoms with van der Waals surface area (Å²) in [6.45, 7) is 7.15. The van der Waals surface area contributed by atoms with E-state index in [4.69, 9.17) is 9.52 Å². The van der Waals surface area contributed by atoms with Gasteiger partial charge >= 0.3 is 0 Å². The predicted molar refractivity (Wildman–Crippen MR) is 101 cm³/mol. The van der Waals surface area contributed by atoms with Gasteiger partial charge in [-0.25, -0.2) is 13.9 Å². The standard InChI is InChI=1S/C19H19FN6O/c1-12-13(2)26-17(21-12)5-6-18(23-26)24-7-9-25(10-8-24)19-22-15-4-3-14(20)11-16(15)27-19/h3-6,11H,7-10H2,1-2H3. The number of rotatable bonds is 2. The van der Waals surface area contributed by atoms with Crippen LogP contribution < -0.4 is 9.80 Å². The Hall–Kier alpha value is -3.16. The van der Waals surface area contributed by atoms with E-state index in [1.165, 1.54) is 12.1 Å². The SMILES string of the molecule is Cc1nc2ccc(N3CCN(c4nc5ccc(F)cc5o4)CC3)nn2c1C. The first-order chi connectivity index (χ1) is 13.1. The van der Waals surface area contributed by atoms with Crippen LogP contribution in [-0.4, -0.2) is 45.8 Å². The highest BCUT2D eigenvalue weighted by atomic mass is 19.1. The molecule has 0 atom stereocenters. The van der Waals surface area contributed by atoms with Crippen molar-refractivity contribution in [3.05, 3.63) is 47.5 Å². The van der Waals surface area contributed by atoms with Gasteiger partial charge in [0.25, 0.3) is 6.01 Å². The maximum absolute atomic E-state index is 13.3. The second kappa shape index (κ2) is 5.94. The molecular formula is C19H19FN6O. The average molecular weight is 366 g/mol. The highest BCUT2D eigenvalue weighted by Crippen LogP contribution is 2.24. The summed E-state index contributed by atoms with van der Waals surface area (Å²) in [4.78, 5) is 13.3. The summed E-state index contributed by atoms with van der Waals surface area (Å²) in [6, 6.07) is 8.97. The molecule has 0 unspecified atom stereocenters. The van der Waals surface area contributed by atoms with Crippen LogP contribution in [0.5, 0.6) is 0 Å². The monoisotopic (exact) mass is 366 g/mol. The summed E-state index contributed by atoms with van der Waals surface area (Å²) >= 11 is 0. The van der Waals surface area contributed by atoms with E-state index in [-0.39, 0.29) is 5.82 Å². The number of imidazole rings is 1. The number of aryl methyl sites for hydroxylation is 2. The summed E-state index contributed by atoms with van der Waals surface area (Å²) in [7, 11) is 0. The molecular weight excluding hydrogens is 347 g/mol. The Morgan fingerprint density at radius 3 is 2.56 bits per heavy atom. The maximum atomic E-state index is 13.3. The van der Waals surface area contributed by atoms with Gasteiger partial charge < -0.3 is 14.2 Å². The predicted octanol–water partition coefficient (Wildman–Crippen LogP) is 2.95. The molecule has 0 saturated carbocycles. The molecule has 0 radical (unpaired) electrons. The summed E-state index contributed by atoms with van der Waals surface area (Å²) in [6.07, 6.45) is 0. The van der Waals surface area contributed by atoms with Gasteiger partial charge in [-0.05, 0) is 38.1 Å². The largest absolute Gasteiger partial charge is 0.423 e. The Kier molecular flexibility index (Phi) is 3.53. The first kappa shape index (κ1) is 16.0. The number of nitrogens with zero attached hydrogens (tertiary/aromatic N) is 6. The maximum Gasteiger partial charge on any atom is 0.298 e. The van der Waals surface area contributed by atoms with E-state index in [1.54, 1.807) is 6.07 Å². The Morgan fingerprint density at radius 2 is 1.74 bits per heavy atom. The minimum atomic E-state index is -0.318. The van der Waals surface area contributed by atoms with E-state index in [0.717, 1.165) is 49.0 Å². The van der Waals surface area contributed by atoms with Gasteiger partial charge in [0.15, 0.2) is 11.2 Å². The van der Waals surface area contributed by atoms with Crippen LogP contribution in [-0.2, 0) is 0 Å². The van der Waals surface area contributed by atoms with Crippen molar-refractivity contribution in [2.45, 2.75) is 13.8 Å². The zero-order chi connectivity index (χ0) is 18.5. The molecule has 27 heavy (non-hydrogen) atoms. The van der Waals surface area contributed by atoms with E-state index in [1.807, 2.05) is 30.5 Å². The fourth-order valence-corrected chi connectivity index (χ4v) is 3.46. The number of halogens is 1. The minimum absolute atomic E-state index is 0.318. The van der Waals surface area contributed by atoms with Crippen LogP contribution in [0.25, 0.3) is 16.7 Å². The van der Waals surface area contributed by atoms with Crippen molar-refractivity contribution in [1.82, 2.24) is 19.6 Å². The molecule has 0 aliphatic carbocycles. The van der Waals surface area contributed by atoms with Gasteiger partial charge in [0.1, 0.15) is 17.2 Å². The Balaban J connectivity index is 1.35. The molecule has 4 heterocycles. The van der Waals surface area contributed by atoms with Crippen LogP contribution in [0.2, 0.25) is 0 Å². The number of oxazole rings is 1. The number of benzene rings is 1. The van der Waals surface area contributed by atoms with Crippen molar-refractivity contribution in [1.29, 1.82) is 0 Å². The molecule has 1 fully saturated rings. The molecule has 0 spiro atoms. The second-order valence-corrected chi connectivity index (χ2v) is 6.83. The average Bonchev–Trinajstić information content (AvgIpc) is 3.22. The summed E-state index contributed by atoms with van der Waals surface area (Å²) in [5, 5.41) is 4.74. The minimum Gasteiger partial charge on any atom is -0.423 e. The molecule has 0 amide bonds. The number of hydrogen-bond acceptors (Lipinski definition) is 6. The van der Waals surface area contributed by atoms with Crippen molar-refractivity contribution in [3.63, 3.8) is 0 Å². The first-order valence-electron chi connectivity index (χ1n) is 8.97. The molecule has 5 rings (SSSR count). The fourth-order valence-electron chi connectivity index (χ4n) is 3.46. The number of aromatic nitrogens is 4. The number of piperazine rings is 1. The van der Waals surface area contributed by atoms with Crippen molar-refractivity contribution >= 4 is 28.6 Å². The molecule has 3 aromatic heterocycles. The smallest absolute Gasteiger partial charge is 0.298 e. The lowest BCUT2D eigenvalue weighted by Gasteiger charge is -2.34. The number of hydrogen-bond donors (Lipinski definition) is 0. The Bertz CT molecular complexity index is 1140. The Morgan fingerprint density at radius 1 is 0.963 bits per heavy atom. The van der Waals surface area contributed by atoms with Gasteiger partial charge in [0, 0.05) is 32.2 Å². The third kappa shape index (κ3) is 2.68. The van der Waals surface area contributed by atoms with E-state index in [9.17, 15) is 4.39 Å². The van der Waals surface area contributed by atoms with Gasteiger partial charge in [0.2, 0.25) is 0 Å². The van der Waals surface area contributed by atoms with Crippen LogP contribution in [0.3, 0.4) is 0 Å². The lowest BCUT2D eigenvalue weighted by atomic mass is 10.3. The van der Waals surface area contributed by atoms with Gasteiger partial charge in [-0.3, -0.25) is 0 Å². The highest BCUT2D eigenvalue weighted by molar-refractivity contribution is 5.74. The molecule has 138 valence electrons. The number of anilines is 2. The van der Waals surface area contributed by atoms with E-state index in [2.05, 4.69) is 19.8 Å². The van der Waals surface area contributed by atoms with Crippen LogP contribution in [0.15, 0.2) is 34.7 Å². The van der Waals surface area contributed by atoms with Gasteiger partial charge in [-0.2, -0.15) is 4.98 Å². The summed E-state index contributed by atoms with van der Waals surface area (Å²) in [5.74, 6) is 0.615. The fraction of sp³-hybridized carbons (Fsp3) is 0.316. The van der Waals surface area contributed by atoms with Gasteiger partial charge in [0.05, 0.1) is 11.4 Å². The molecule has 1 aromatic carbocycles. The lowest BCUT2D eigenvalue weighted by molar-refractivity contribution is 0.537. The molecule has 0 bridgehead atoms. The van der Waals surface area contributed by atoms with Crippen LogP contribution >= 0.6 is 0 Å². The summed E-state index contributed by atoms with van der Waals surface area (Å²) in [5.41, 5.74) is 4.07. The van der Waals surface area contributed by atoms with E-state index in [0.29, 0.717) is 17.1 Å². The molecule has 7 nitrogen and oxygen atoms in total. The van der Waals surface area contributed by atoms with Crippen molar-refractivity contribution in [3.8, 4) is 0 Å². The van der Waals surface area contributed by atoms with Gasteiger partial charge in [-0.1, -0.05) is 0 Å². The zero-order valence-electron chi connectivity index (χ0n) is 15.2. The highest BCUT2D eigenvalue weighted by Gasteiger charge is 2.22. The normalized spacial score (nSPS) is 15.2. The van der Waals surface area contributed by atoms with Crippen molar-refractivity contribution in [2.24, 2.45) is 0 Å². The van der Waals surface area contributed by atoms with Gasteiger partial charge in [-0.15, -0.1) is 5.10 Å². The zero-order valence-corrected chi connectivity index (χ0v) is 15.2. The number of fused-ring (bicyclic) bond motifs is 2. The van der Waals surface area contributed by atoms with Crippen LogP contribution in [0.1, 0.15) is 11.4 Å². The lowest BCUT2D eigenvalue weighted by Crippen LogP contribution is -2.47. The molecule has 1 saturated heterocycles. The van der Waals surface area contributed by atoms with Crippen molar-refractivity contribution in [2.75, 3.05) is 36.0 Å².